The van der Waals surface area contributed by atoms with Crippen molar-refractivity contribution in [1.82, 2.24) is 14.7 Å². The van der Waals surface area contributed by atoms with E-state index in [2.05, 4.69) is 27.7 Å². The van der Waals surface area contributed by atoms with Crippen LogP contribution in [-0.2, 0) is 4.79 Å². The van der Waals surface area contributed by atoms with E-state index in [0.29, 0.717) is 5.56 Å². The molecule has 0 aromatic heterocycles. The Bertz CT molecular complexity index is 869. The van der Waals surface area contributed by atoms with Crippen LogP contribution < -0.4 is 0 Å². The largest absolute Gasteiger partial charge is 0.352 e. The molecule has 0 aliphatic carbocycles. The molecular weight excluding hydrogens is 381 g/mol. The number of benzene rings is 1. The Kier molecular flexibility index (Phi) is 6.16. The number of halogens is 1. The summed E-state index contributed by atoms with van der Waals surface area (Å²) >= 11 is 0. The fourth-order valence-corrected chi connectivity index (χ4v) is 4.79. The van der Waals surface area contributed by atoms with Crippen LogP contribution in [0.2, 0.25) is 0 Å². The summed E-state index contributed by atoms with van der Waals surface area (Å²) in [6, 6.07) is 5.76. The number of nitrogens with zero attached hydrogens (tertiary/aromatic N) is 3. The van der Waals surface area contributed by atoms with Crippen LogP contribution in [0.15, 0.2) is 47.7 Å². The third-order valence-electron chi connectivity index (χ3n) is 6.59. The Morgan fingerprint density at radius 3 is 2.53 bits per heavy atom. The highest BCUT2D eigenvalue weighted by Crippen LogP contribution is 2.26. The Hall–Kier alpha value is -2.31. The molecule has 6 heteroatoms. The Morgan fingerprint density at radius 2 is 1.83 bits per heavy atom. The van der Waals surface area contributed by atoms with Crippen molar-refractivity contribution in [2.75, 3.05) is 39.9 Å². The molecular formula is C24H30FN3O2. The van der Waals surface area contributed by atoms with E-state index in [-0.39, 0.29) is 29.3 Å². The number of carbonyl (C=O) groups is 2. The van der Waals surface area contributed by atoms with Gasteiger partial charge in [0, 0.05) is 24.6 Å². The first-order chi connectivity index (χ1) is 14.4. The second-order valence-electron chi connectivity index (χ2n) is 8.82. The van der Waals surface area contributed by atoms with Crippen LogP contribution in [0.25, 0.3) is 0 Å². The van der Waals surface area contributed by atoms with Crippen LogP contribution >= 0.6 is 0 Å². The van der Waals surface area contributed by atoms with Crippen molar-refractivity contribution < 1.29 is 14.0 Å². The van der Waals surface area contributed by atoms with E-state index < -0.39 is 0 Å². The van der Waals surface area contributed by atoms with Gasteiger partial charge in [0.2, 0.25) is 0 Å². The zero-order chi connectivity index (χ0) is 21.3. The molecule has 5 nitrogen and oxygen atoms in total. The molecule has 0 spiro atoms. The van der Waals surface area contributed by atoms with Gasteiger partial charge in [-0.1, -0.05) is 11.6 Å². The van der Waals surface area contributed by atoms with Gasteiger partial charge in [0.15, 0.2) is 11.6 Å². The van der Waals surface area contributed by atoms with E-state index in [0.717, 1.165) is 57.8 Å². The minimum atomic E-state index is -0.318. The number of ketones is 2. The van der Waals surface area contributed by atoms with Crippen LogP contribution in [0.1, 0.15) is 36.5 Å². The second-order valence-corrected chi connectivity index (χ2v) is 8.82. The standard InChI is InChI=1S/C24H30FN3O2/c1-17-3-8-22-24(30)21(26(2)16-28(22)15-17)11-14-27-12-9-19(10-13-27)23(29)18-4-6-20(25)7-5-18/h3-8,19,21H,9-16H2,1-2H3. The average Bonchev–Trinajstić information content (AvgIpc) is 2.74. The van der Waals surface area contributed by atoms with E-state index in [1.807, 2.05) is 13.1 Å². The minimum absolute atomic E-state index is 0.00155. The number of likely N-dealkylation sites (tertiary alicyclic amines) is 1. The first-order valence-corrected chi connectivity index (χ1v) is 10.8. The molecule has 0 amide bonds. The van der Waals surface area contributed by atoms with Crippen molar-refractivity contribution in [3.63, 3.8) is 0 Å². The van der Waals surface area contributed by atoms with Crippen molar-refractivity contribution in [3.8, 4) is 0 Å². The van der Waals surface area contributed by atoms with Gasteiger partial charge in [-0.05, 0) is 76.7 Å². The zero-order valence-electron chi connectivity index (χ0n) is 17.8. The third-order valence-corrected chi connectivity index (χ3v) is 6.59. The second kappa shape index (κ2) is 8.82. The lowest BCUT2D eigenvalue weighted by Crippen LogP contribution is -2.55. The Morgan fingerprint density at radius 1 is 1.13 bits per heavy atom. The summed E-state index contributed by atoms with van der Waals surface area (Å²) in [5.41, 5.74) is 2.71. The van der Waals surface area contributed by atoms with Crippen molar-refractivity contribution >= 4 is 11.6 Å². The molecule has 160 valence electrons. The summed E-state index contributed by atoms with van der Waals surface area (Å²) in [4.78, 5) is 32.3. The molecule has 0 N–H and O–H groups in total. The summed E-state index contributed by atoms with van der Waals surface area (Å²) < 4.78 is 13.1. The minimum Gasteiger partial charge on any atom is -0.352 e. The van der Waals surface area contributed by atoms with Gasteiger partial charge in [-0.25, -0.2) is 4.39 Å². The summed E-state index contributed by atoms with van der Waals surface area (Å²) in [5.74, 6) is 0.0157. The summed E-state index contributed by atoms with van der Waals surface area (Å²) in [6.07, 6.45) is 6.45. The van der Waals surface area contributed by atoms with Gasteiger partial charge in [0.1, 0.15) is 5.82 Å². The van der Waals surface area contributed by atoms with E-state index in [9.17, 15) is 14.0 Å². The van der Waals surface area contributed by atoms with Crippen LogP contribution in [0.3, 0.4) is 0 Å². The monoisotopic (exact) mass is 411 g/mol. The lowest BCUT2D eigenvalue weighted by Gasteiger charge is -2.43. The number of Topliss-reactive ketones (excluding diaryl/α,β-unsaturated/α-hetero) is 2. The number of hydrogen-bond acceptors (Lipinski definition) is 5. The van der Waals surface area contributed by atoms with Crippen LogP contribution in [0, 0.1) is 11.7 Å². The van der Waals surface area contributed by atoms with Gasteiger partial charge in [-0.15, -0.1) is 0 Å². The predicted molar refractivity (Wildman–Crippen MR) is 114 cm³/mol. The normalized spacial score (nSPS) is 23.8. The molecule has 0 saturated carbocycles. The van der Waals surface area contributed by atoms with Crippen molar-refractivity contribution in [1.29, 1.82) is 0 Å². The summed E-state index contributed by atoms with van der Waals surface area (Å²) in [7, 11) is 2.03. The van der Waals surface area contributed by atoms with Gasteiger partial charge >= 0.3 is 0 Å². The van der Waals surface area contributed by atoms with Crippen molar-refractivity contribution in [3.05, 3.63) is 59.1 Å². The molecule has 3 heterocycles. The van der Waals surface area contributed by atoms with E-state index in [1.54, 1.807) is 12.1 Å². The third kappa shape index (κ3) is 4.40. The Labute approximate surface area is 177 Å². The van der Waals surface area contributed by atoms with Crippen molar-refractivity contribution in [2.24, 2.45) is 5.92 Å². The molecule has 1 aromatic rings. The SMILES string of the molecule is CC1=CC=C2C(=O)C(CCN3CCC(C(=O)c4ccc(F)cc4)CC3)N(C)CN2C1. The topological polar surface area (TPSA) is 43.9 Å². The number of allylic oxidation sites excluding steroid dienone is 2. The molecule has 0 bridgehead atoms. The van der Waals surface area contributed by atoms with Gasteiger partial charge in [-0.3, -0.25) is 14.5 Å². The maximum absolute atomic E-state index is 13.1. The quantitative estimate of drug-likeness (QED) is 0.697. The number of hydrogen-bond donors (Lipinski definition) is 0. The van der Waals surface area contributed by atoms with E-state index >= 15 is 0 Å². The van der Waals surface area contributed by atoms with E-state index in [4.69, 9.17) is 0 Å². The zero-order valence-corrected chi connectivity index (χ0v) is 17.8. The maximum Gasteiger partial charge on any atom is 0.196 e. The first-order valence-electron chi connectivity index (χ1n) is 10.8. The predicted octanol–water partition coefficient (Wildman–Crippen LogP) is 3.10. The molecule has 1 unspecified atom stereocenters. The number of carbonyl (C=O) groups excluding carboxylic acids is 2. The van der Waals surface area contributed by atoms with Gasteiger partial charge < -0.3 is 9.80 Å². The summed E-state index contributed by atoms with van der Waals surface area (Å²) in [5, 5.41) is 0. The molecule has 2 fully saturated rings. The fraction of sp³-hybridized carbons (Fsp3) is 0.500. The van der Waals surface area contributed by atoms with E-state index in [1.165, 1.54) is 17.7 Å². The fourth-order valence-electron chi connectivity index (χ4n) is 4.79. The number of piperidine rings is 1. The highest BCUT2D eigenvalue weighted by molar-refractivity contribution is 6.00. The molecule has 3 aliphatic heterocycles. The van der Waals surface area contributed by atoms with Gasteiger partial charge in [0.05, 0.1) is 18.4 Å². The first kappa shape index (κ1) is 20.9. The van der Waals surface area contributed by atoms with Crippen LogP contribution in [0.5, 0.6) is 0 Å². The smallest absolute Gasteiger partial charge is 0.196 e. The molecule has 1 atom stereocenters. The molecule has 1 aromatic carbocycles. The highest BCUT2D eigenvalue weighted by Gasteiger charge is 2.36. The molecule has 3 aliphatic rings. The molecule has 0 radical (unpaired) electrons. The Balaban J connectivity index is 1.29. The average molecular weight is 412 g/mol. The van der Waals surface area contributed by atoms with Crippen LogP contribution in [0.4, 0.5) is 4.39 Å². The highest BCUT2D eigenvalue weighted by atomic mass is 19.1. The van der Waals surface area contributed by atoms with Crippen LogP contribution in [-0.4, -0.2) is 72.2 Å². The molecule has 2 saturated heterocycles. The van der Waals surface area contributed by atoms with Crippen molar-refractivity contribution in [2.45, 2.75) is 32.2 Å². The maximum atomic E-state index is 13.1. The lowest BCUT2D eigenvalue weighted by molar-refractivity contribution is -0.126. The number of likely N-dealkylation sites (N-methyl/N-ethyl adjacent to an activating group) is 1. The number of rotatable bonds is 5. The number of fused-ring (bicyclic) bond motifs is 1. The summed E-state index contributed by atoms with van der Waals surface area (Å²) in [6.45, 7) is 6.28. The van der Waals surface area contributed by atoms with Gasteiger partial charge in [-0.2, -0.15) is 0 Å². The molecule has 30 heavy (non-hydrogen) atoms. The lowest BCUT2D eigenvalue weighted by atomic mass is 9.88. The molecule has 4 rings (SSSR count). The van der Waals surface area contributed by atoms with Gasteiger partial charge in [0.25, 0.3) is 0 Å².